The predicted molar refractivity (Wildman–Crippen MR) is 79.8 cm³/mol. The number of hydrogen-bond donors (Lipinski definition) is 0. The molecule has 0 radical (unpaired) electrons. The molecule has 0 bridgehead atoms. The van der Waals surface area contributed by atoms with Crippen molar-refractivity contribution in [3.05, 3.63) is 29.4 Å². The van der Waals surface area contributed by atoms with Crippen LogP contribution in [0, 0.1) is 0 Å². The van der Waals surface area contributed by atoms with Crippen molar-refractivity contribution in [1.82, 2.24) is 9.97 Å². The van der Waals surface area contributed by atoms with Crippen molar-refractivity contribution in [3.63, 3.8) is 0 Å². The van der Waals surface area contributed by atoms with E-state index >= 15 is 0 Å². The van der Waals surface area contributed by atoms with Gasteiger partial charge < -0.3 is 4.90 Å². The molecule has 0 spiro atoms. The number of nitrogens with zero attached hydrogens (tertiary/aromatic N) is 3. The van der Waals surface area contributed by atoms with Gasteiger partial charge in [-0.15, -0.1) is 0 Å². The van der Waals surface area contributed by atoms with Gasteiger partial charge in [-0.1, -0.05) is 30.7 Å². The molecule has 3 nitrogen and oxygen atoms in total. The third kappa shape index (κ3) is 2.39. The zero-order valence-corrected chi connectivity index (χ0v) is 11.9. The highest BCUT2D eigenvalue weighted by atomic mass is 35.5. The fourth-order valence-corrected chi connectivity index (χ4v) is 3.10. The lowest BCUT2D eigenvalue weighted by atomic mass is 10.0. The number of para-hydroxylation sites is 2. The summed E-state index contributed by atoms with van der Waals surface area (Å²) in [7, 11) is 0. The van der Waals surface area contributed by atoms with Gasteiger partial charge in [-0.2, -0.15) is 0 Å². The molecular weight excluding hydrogens is 258 g/mol. The van der Waals surface area contributed by atoms with Crippen LogP contribution in [-0.2, 0) is 0 Å². The van der Waals surface area contributed by atoms with Crippen molar-refractivity contribution in [3.8, 4) is 0 Å². The minimum absolute atomic E-state index is 0.527. The van der Waals surface area contributed by atoms with E-state index in [-0.39, 0.29) is 0 Å². The summed E-state index contributed by atoms with van der Waals surface area (Å²) < 4.78 is 0. The summed E-state index contributed by atoms with van der Waals surface area (Å²) in [6.45, 7) is 3.26. The number of piperidine rings is 1. The van der Waals surface area contributed by atoms with Gasteiger partial charge in [0.25, 0.3) is 0 Å². The first-order valence-electron chi connectivity index (χ1n) is 6.98. The molecule has 2 heterocycles. The van der Waals surface area contributed by atoms with E-state index in [1.807, 2.05) is 24.3 Å². The molecule has 2 aromatic rings. The molecule has 3 rings (SSSR count). The van der Waals surface area contributed by atoms with Gasteiger partial charge >= 0.3 is 0 Å². The minimum Gasteiger partial charge on any atom is -0.351 e. The summed E-state index contributed by atoms with van der Waals surface area (Å²) in [6, 6.07) is 8.44. The Bertz CT molecular complexity index is 585. The SMILES string of the molecule is CC[C@H]1CCCCN1c1nc2ccccc2nc1Cl. The smallest absolute Gasteiger partial charge is 0.172 e. The Balaban J connectivity index is 2.05. The second-order valence-corrected chi connectivity index (χ2v) is 5.44. The Kier molecular flexibility index (Phi) is 3.56. The quantitative estimate of drug-likeness (QED) is 0.828. The molecule has 1 aromatic heterocycles. The van der Waals surface area contributed by atoms with Gasteiger partial charge in [-0.25, -0.2) is 9.97 Å². The molecule has 1 saturated heterocycles. The first-order valence-corrected chi connectivity index (χ1v) is 7.36. The second kappa shape index (κ2) is 5.33. The maximum absolute atomic E-state index is 6.34. The molecule has 1 atom stereocenters. The van der Waals surface area contributed by atoms with Crippen molar-refractivity contribution in [1.29, 1.82) is 0 Å². The summed E-state index contributed by atoms with van der Waals surface area (Å²) in [5.74, 6) is 0.854. The zero-order valence-electron chi connectivity index (χ0n) is 11.1. The lowest BCUT2D eigenvalue weighted by Gasteiger charge is -2.36. The summed E-state index contributed by atoms with van der Waals surface area (Å²) >= 11 is 6.34. The molecule has 0 aliphatic carbocycles. The summed E-state index contributed by atoms with van der Waals surface area (Å²) in [5, 5.41) is 0.527. The molecule has 1 fully saturated rings. The van der Waals surface area contributed by atoms with Crippen molar-refractivity contribution < 1.29 is 0 Å². The standard InChI is InChI=1S/C15H18ClN3/c1-2-11-7-5-6-10-19(11)15-14(16)17-12-8-3-4-9-13(12)18-15/h3-4,8-9,11H,2,5-7,10H2,1H3/t11-/m0/s1. The van der Waals surface area contributed by atoms with Crippen LogP contribution in [0.15, 0.2) is 24.3 Å². The van der Waals surface area contributed by atoms with Gasteiger partial charge in [0, 0.05) is 12.6 Å². The van der Waals surface area contributed by atoms with E-state index in [1.54, 1.807) is 0 Å². The van der Waals surface area contributed by atoms with Crippen LogP contribution in [0.4, 0.5) is 5.82 Å². The van der Waals surface area contributed by atoms with Crippen molar-refractivity contribution in [2.75, 3.05) is 11.4 Å². The highest BCUT2D eigenvalue weighted by Crippen LogP contribution is 2.30. The fourth-order valence-electron chi connectivity index (χ4n) is 2.86. The maximum Gasteiger partial charge on any atom is 0.172 e. The van der Waals surface area contributed by atoms with Crippen molar-refractivity contribution in [2.24, 2.45) is 0 Å². The number of fused-ring (bicyclic) bond motifs is 1. The molecular formula is C15H18ClN3. The molecule has 1 aliphatic rings. The van der Waals surface area contributed by atoms with E-state index < -0.39 is 0 Å². The van der Waals surface area contributed by atoms with Crippen molar-refractivity contribution in [2.45, 2.75) is 38.6 Å². The topological polar surface area (TPSA) is 29.0 Å². The van der Waals surface area contributed by atoms with Gasteiger partial charge in [-0.3, -0.25) is 0 Å². The molecule has 1 aromatic carbocycles. The summed E-state index contributed by atoms with van der Waals surface area (Å²) in [6.07, 6.45) is 4.86. The normalized spacial score (nSPS) is 19.9. The molecule has 0 N–H and O–H groups in total. The van der Waals surface area contributed by atoms with Gasteiger partial charge in [0.15, 0.2) is 11.0 Å². The van der Waals surface area contributed by atoms with Crippen LogP contribution >= 0.6 is 11.6 Å². The van der Waals surface area contributed by atoms with Crippen LogP contribution in [-0.4, -0.2) is 22.6 Å². The predicted octanol–water partition coefficient (Wildman–Crippen LogP) is 4.05. The minimum atomic E-state index is 0.527. The molecule has 0 unspecified atom stereocenters. The van der Waals surface area contributed by atoms with Crippen molar-refractivity contribution >= 4 is 28.5 Å². The Morgan fingerprint density at radius 3 is 2.68 bits per heavy atom. The number of benzene rings is 1. The highest BCUT2D eigenvalue weighted by Gasteiger charge is 2.24. The first kappa shape index (κ1) is 12.7. The van der Waals surface area contributed by atoms with Crippen LogP contribution in [0.1, 0.15) is 32.6 Å². The third-order valence-corrected chi connectivity index (χ3v) is 4.14. The molecule has 1 aliphatic heterocycles. The van der Waals surface area contributed by atoms with Crippen LogP contribution < -0.4 is 4.90 Å². The van der Waals surface area contributed by atoms with Crippen LogP contribution in [0.25, 0.3) is 11.0 Å². The number of rotatable bonds is 2. The molecule has 0 amide bonds. The molecule has 0 saturated carbocycles. The van der Waals surface area contributed by atoms with Crippen LogP contribution in [0.3, 0.4) is 0 Å². The van der Waals surface area contributed by atoms with Gasteiger partial charge in [-0.05, 0) is 37.8 Å². The number of aromatic nitrogens is 2. The van der Waals surface area contributed by atoms with E-state index in [1.165, 1.54) is 19.3 Å². The maximum atomic E-state index is 6.34. The summed E-state index contributed by atoms with van der Waals surface area (Å²) in [4.78, 5) is 11.5. The fraction of sp³-hybridized carbons (Fsp3) is 0.467. The Hall–Kier alpha value is -1.35. The lowest BCUT2D eigenvalue weighted by molar-refractivity contribution is 0.447. The lowest BCUT2D eigenvalue weighted by Crippen LogP contribution is -2.40. The molecule has 4 heteroatoms. The van der Waals surface area contributed by atoms with Crippen LogP contribution in [0.2, 0.25) is 5.15 Å². The van der Waals surface area contributed by atoms with E-state index in [2.05, 4.69) is 16.8 Å². The highest BCUT2D eigenvalue weighted by molar-refractivity contribution is 6.32. The van der Waals surface area contributed by atoms with E-state index in [4.69, 9.17) is 16.6 Å². The van der Waals surface area contributed by atoms with Gasteiger partial charge in [0.05, 0.1) is 11.0 Å². The summed E-state index contributed by atoms with van der Waals surface area (Å²) in [5.41, 5.74) is 1.78. The Morgan fingerprint density at radius 1 is 1.21 bits per heavy atom. The zero-order chi connectivity index (χ0) is 13.2. The largest absolute Gasteiger partial charge is 0.351 e. The Labute approximate surface area is 118 Å². The average Bonchev–Trinajstić information content (AvgIpc) is 2.46. The molecule has 19 heavy (non-hydrogen) atoms. The monoisotopic (exact) mass is 275 g/mol. The number of hydrogen-bond acceptors (Lipinski definition) is 3. The average molecular weight is 276 g/mol. The number of anilines is 1. The Morgan fingerprint density at radius 2 is 1.95 bits per heavy atom. The first-order chi connectivity index (χ1) is 9.29. The van der Waals surface area contributed by atoms with Crippen LogP contribution in [0.5, 0.6) is 0 Å². The van der Waals surface area contributed by atoms with E-state index in [9.17, 15) is 0 Å². The van der Waals surface area contributed by atoms with E-state index in [0.717, 1.165) is 29.8 Å². The van der Waals surface area contributed by atoms with Gasteiger partial charge in [0.1, 0.15) is 0 Å². The molecule has 100 valence electrons. The third-order valence-electron chi connectivity index (χ3n) is 3.88. The second-order valence-electron chi connectivity index (χ2n) is 5.08. The van der Waals surface area contributed by atoms with Gasteiger partial charge in [0.2, 0.25) is 0 Å². The van der Waals surface area contributed by atoms with E-state index in [0.29, 0.717) is 11.2 Å². The number of halogens is 1.